The van der Waals surface area contributed by atoms with Gasteiger partial charge in [-0.15, -0.1) is 0 Å². The van der Waals surface area contributed by atoms with Crippen LogP contribution in [0.5, 0.6) is 0 Å². The number of nitrogens with zero attached hydrogens (tertiary/aromatic N) is 1. The summed E-state index contributed by atoms with van der Waals surface area (Å²) in [4.78, 5) is 2.74. The quantitative estimate of drug-likeness (QED) is 0.794. The minimum Gasteiger partial charge on any atom is -0.381 e. The zero-order valence-corrected chi connectivity index (χ0v) is 11.5. The first-order valence-corrected chi connectivity index (χ1v) is 7.26. The third-order valence-corrected chi connectivity index (χ3v) is 4.61. The van der Waals surface area contributed by atoms with Crippen molar-refractivity contribution in [1.82, 2.24) is 10.2 Å². The Morgan fingerprint density at radius 2 is 2.12 bits per heavy atom. The Morgan fingerprint density at radius 1 is 1.35 bits per heavy atom. The Kier molecular flexibility index (Phi) is 4.83. The lowest BCUT2D eigenvalue weighted by Gasteiger charge is -2.41. The van der Waals surface area contributed by atoms with Crippen LogP contribution in [-0.4, -0.2) is 50.8 Å². The molecule has 0 aliphatic carbocycles. The van der Waals surface area contributed by atoms with Gasteiger partial charge in [-0.05, 0) is 51.1 Å². The van der Waals surface area contributed by atoms with E-state index in [1.807, 2.05) is 0 Å². The highest BCUT2D eigenvalue weighted by Gasteiger charge is 2.36. The molecular formula is C14H28N2O. The standard InChI is InChI=1S/C14H28N2O/c1-3-13-5-4-8-16(13)12-14(11-15-2)6-9-17-10-7-14/h13,15H,3-12H2,1-2H3. The molecule has 1 unspecified atom stereocenters. The van der Waals surface area contributed by atoms with Crippen LogP contribution in [0.25, 0.3) is 0 Å². The molecule has 0 aromatic heterocycles. The van der Waals surface area contributed by atoms with E-state index < -0.39 is 0 Å². The predicted molar refractivity (Wildman–Crippen MR) is 71.3 cm³/mol. The SMILES string of the molecule is CCC1CCCN1CC1(CNC)CCOCC1. The van der Waals surface area contributed by atoms with E-state index in [9.17, 15) is 0 Å². The van der Waals surface area contributed by atoms with Crippen molar-refractivity contribution in [1.29, 1.82) is 0 Å². The highest BCUT2D eigenvalue weighted by Crippen LogP contribution is 2.33. The number of likely N-dealkylation sites (tertiary alicyclic amines) is 1. The smallest absolute Gasteiger partial charge is 0.0472 e. The van der Waals surface area contributed by atoms with Crippen molar-refractivity contribution in [3.8, 4) is 0 Å². The zero-order chi connectivity index (χ0) is 12.1. The summed E-state index contributed by atoms with van der Waals surface area (Å²) in [7, 11) is 2.08. The molecule has 2 aliphatic rings. The van der Waals surface area contributed by atoms with Crippen molar-refractivity contribution < 1.29 is 4.74 Å². The molecular weight excluding hydrogens is 212 g/mol. The Hall–Kier alpha value is -0.120. The summed E-state index contributed by atoms with van der Waals surface area (Å²) >= 11 is 0. The molecule has 2 aliphatic heterocycles. The van der Waals surface area contributed by atoms with Gasteiger partial charge in [-0.3, -0.25) is 4.90 Å². The Labute approximate surface area is 106 Å². The van der Waals surface area contributed by atoms with Gasteiger partial charge in [-0.2, -0.15) is 0 Å². The second-order valence-electron chi connectivity index (χ2n) is 5.82. The number of rotatable bonds is 5. The van der Waals surface area contributed by atoms with Gasteiger partial charge in [0.1, 0.15) is 0 Å². The molecule has 0 bridgehead atoms. The van der Waals surface area contributed by atoms with Crippen LogP contribution < -0.4 is 5.32 Å². The maximum absolute atomic E-state index is 5.54. The molecule has 2 rings (SSSR count). The molecule has 0 aromatic carbocycles. The summed E-state index contributed by atoms with van der Waals surface area (Å²) < 4.78 is 5.54. The van der Waals surface area contributed by atoms with Crippen LogP contribution in [0.1, 0.15) is 39.0 Å². The molecule has 2 heterocycles. The van der Waals surface area contributed by atoms with Crippen LogP contribution in [0.4, 0.5) is 0 Å². The first-order valence-electron chi connectivity index (χ1n) is 7.26. The van der Waals surface area contributed by atoms with Gasteiger partial charge in [-0.1, -0.05) is 6.92 Å². The number of nitrogens with one attached hydrogen (secondary N) is 1. The molecule has 1 N–H and O–H groups in total. The summed E-state index contributed by atoms with van der Waals surface area (Å²) in [6, 6.07) is 0.839. The van der Waals surface area contributed by atoms with Crippen LogP contribution in [0, 0.1) is 5.41 Å². The van der Waals surface area contributed by atoms with Crippen molar-refractivity contribution >= 4 is 0 Å². The molecule has 0 saturated carbocycles. The van der Waals surface area contributed by atoms with E-state index >= 15 is 0 Å². The number of ether oxygens (including phenoxy) is 1. The zero-order valence-electron chi connectivity index (χ0n) is 11.5. The molecule has 17 heavy (non-hydrogen) atoms. The predicted octanol–water partition coefficient (Wildman–Crippen LogP) is 1.88. The Balaban J connectivity index is 1.96. The Morgan fingerprint density at radius 3 is 2.76 bits per heavy atom. The van der Waals surface area contributed by atoms with Gasteiger partial charge < -0.3 is 10.1 Å². The topological polar surface area (TPSA) is 24.5 Å². The maximum atomic E-state index is 5.54. The molecule has 0 amide bonds. The van der Waals surface area contributed by atoms with E-state index in [0.717, 1.165) is 25.8 Å². The lowest BCUT2D eigenvalue weighted by Crippen LogP contribution is -2.48. The van der Waals surface area contributed by atoms with E-state index in [-0.39, 0.29) is 0 Å². The lowest BCUT2D eigenvalue weighted by atomic mass is 9.79. The summed E-state index contributed by atoms with van der Waals surface area (Å²) in [6.07, 6.45) is 6.56. The average molecular weight is 240 g/mol. The van der Waals surface area contributed by atoms with Crippen LogP contribution in [0.3, 0.4) is 0 Å². The first kappa shape index (κ1) is 13.3. The van der Waals surface area contributed by atoms with Gasteiger partial charge in [0.2, 0.25) is 0 Å². The van der Waals surface area contributed by atoms with Crippen molar-refractivity contribution in [2.75, 3.05) is 39.9 Å². The molecule has 0 spiro atoms. The average Bonchev–Trinajstić information content (AvgIpc) is 2.77. The third-order valence-electron chi connectivity index (χ3n) is 4.61. The minimum absolute atomic E-state index is 0.463. The fourth-order valence-electron chi connectivity index (χ4n) is 3.57. The minimum atomic E-state index is 0.463. The molecule has 3 nitrogen and oxygen atoms in total. The lowest BCUT2D eigenvalue weighted by molar-refractivity contribution is -0.00578. The van der Waals surface area contributed by atoms with E-state index in [2.05, 4.69) is 24.2 Å². The van der Waals surface area contributed by atoms with Gasteiger partial charge in [0.05, 0.1) is 0 Å². The van der Waals surface area contributed by atoms with Crippen molar-refractivity contribution in [2.45, 2.75) is 45.1 Å². The molecule has 100 valence electrons. The number of hydrogen-bond donors (Lipinski definition) is 1. The normalized spacial score (nSPS) is 29.6. The summed E-state index contributed by atoms with van der Waals surface area (Å²) in [5.41, 5.74) is 0.463. The first-order chi connectivity index (χ1) is 8.29. The van der Waals surface area contributed by atoms with Crippen molar-refractivity contribution in [3.05, 3.63) is 0 Å². The molecule has 1 atom stereocenters. The highest BCUT2D eigenvalue weighted by molar-refractivity contribution is 4.90. The molecule has 3 heteroatoms. The molecule has 0 radical (unpaired) electrons. The van der Waals surface area contributed by atoms with Gasteiger partial charge >= 0.3 is 0 Å². The van der Waals surface area contributed by atoms with Gasteiger partial charge in [0.15, 0.2) is 0 Å². The fraction of sp³-hybridized carbons (Fsp3) is 1.00. The van der Waals surface area contributed by atoms with Crippen molar-refractivity contribution in [2.24, 2.45) is 5.41 Å². The van der Waals surface area contributed by atoms with E-state index in [0.29, 0.717) is 5.41 Å². The highest BCUT2D eigenvalue weighted by atomic mass is 16.5. The van der Waals surface area contributed by atoms with Gasteiger partial charge in [-0.25, -0.2) is 0 Å². The summed E-state index contributed by atoms with van der Waals surface area (Å²) in [5, 5.41) is 3.40. The van der Waals surface area contributed by atoms with Crippen LogP contribution >= 0.6 is 0 Å². The van der Waals surface area contributed by atoms with Gasteiger partial charge in [0, 0.05) is 32.3 Å². The van der Waals surface area contributed by atoms with Crippen LogP contribution in [-0.2, 0) is 4.74 Å². The molecule has 0 aromatic rings. The van der Waals surface area contributed by atoms with E-state index in [4.69, 9.17) is 4.74 Å². The fourth-order valence-corrected chi connectivity index (χ4v) is 3.57. The summed E-state index contributed by atoms with van der Waals surface area (Å²) in [5.74, 6) is 0. The van der Waals surface area contributed by atoms with Crippen LogP contribution in [0.2, 0.25) is 0 Å². The van der Waals surface area contributed by atoms with Gasteiger partial charge in [0.25, 0.3) is 0 Å². The maximum Gasteiger partial charge on any atom is 0.0472 e. The Bertz CT molecular complexity index is 221. The van der Waals surface area contributed by atoms with E-state index in [1.165, 1.54) is 45.2 Å². The second-order valence-corrected chi connectivity index (χ2v) is 5.82. The van der Waals surface area contributed by atoms with Crippen LogP contribution in [0.15, 0.2) is 0 Å². The van der Waals surface area contributed by atoms with Crippen molar-refractivity contribution in [3.63, 3.8) is 0 Å². The third kappa shape index (κ3) is 3.21. The largest absolute Gasteiger partial charge is 0.381 e. The monoisotopic (exact) mass is 240 g/mol. The molecule has 2 saturated heterocycles. The molecule has 2 fully saturated rings. The number of hydrogen-bond acceptors (Lipinski definition) is 3. The second kappa shape index (κ2) is 6.17. The van der Waals surface area contributed by atoms with E-state index in [1.54, 1.807) is 0 Å². The summed E-state index contributed by atoms with van der Waals surface area (Å²) in [6.45, 7) is 7.96.